The van der Waals surface area contributed by atoms with Crippen molar-refractivity contribution in [3.05, 3.63) is 52.4 Å². The second kappa shape index (κ2) is 8.68. The molecule has 5 heteroatoms. The Labute approximate surface area is 159 Å². The summed E-state index contributed by atoms with van der Waals surface area (Å²) in [6, 6.07) is 9.78. The zero-order valence-corrected chi connectivity index (χ0v) is 16.4. The van der Waals surface area contributed by atoms with Gasteiger partial charge in [-0.2, -0.15) is 5.26 Å². The highest BCUT2D eigenvalue weighted by Crippen LogP contribution is 2.35. The van der Waals surface area contributed by atoms with Crippen LogP contribution in [0.3, 0.4) is 0 Å². The fourth-order valence-corrected chi connectivity index (χ4v) is 3.47. The maximum atomic E-state index is 12.2. The van der Waals surface area contributed by atoms with Gasteiger partial charge in [0.05, 0.1) is 12.2 Å². The number of nitrogens with one attached hydrogen (secondary N) is 1. The van der Waals surface area contributed by atoms with Gasteiger partial charge in [-0.05, 0) is 46.6 Å². The van der Waals surface area contributed by atoms with Gasteiger partial charge in [-0.1, -0.05) is 39.8 Å². The van der Waals surface area contributed by atoms with Gasteiger partial charge in [0.25, 0.3) is 0 Å². The van der Waals surface area contributed by atoms with E-state index in [1.807, 2.05) is 29.6 Å². The summed E-state index contributed by atoms with van der Waals surface area (Å²) in [6.07, 6.45) is 4.18. The van der Waals surface area contributed by atoms with Crippen LogP contribution < -0.4 is 10.1 Å². The Bertz CT molecular complexity index is 821. The first kappa shape index (κ1) is 19.7. The van der Waals surface area contributed by atoms with Crippen molar-refractivity contribution in [2.24, 2.45) is 0 Å². The minimum atomic E-state index is -0.255. The Morgan fingerprint density at radius 2 is 2.00 bits per heavy atom. The first-order chi connectivity index (χ1) is 12.3. The van der Waals surface area contributed by atoms with Gasteiger partial charge in [0.15, 0.2) is 0 Å². The molecule has 0 aliphatic rings. The van der Waals surface area contributed by atoms with E-state index in [4.69, 9.17) is 4.74 Å². The third kappa shape index (κ3) is 5.21. The summed E-state index contributed by atoms with van der Waals surface area (Å²) in [5, 5.41) is 14.8. The fraction of sp³-hybridized carbons (Fsp3) is 0.333. The van der Waals surface area contributed by atoms with Crippen LogP contribution >= 0.6 is 11.3 Å². The molecule has 1 heterocycles. The number of anilines is 1. The van der Waals surface area contributed by atoms with Crippen molar-refractivity contribution < 1.29 is 9.53 Å². The zero-order valence-electron chi connectivity index (χ0n) is 15.6. The van der Waals surface area contributed by atoms with Gasteiger partial charge in [-0.3, -0.25) is 4.79 Å². The summed E-state index contributed by atoms with van der Waals surface area (Å²) in [4.78, 5) is 12.2. The highest BCUT2D eigenvalue weighted by Gasteiger charge is 2.22. The number of benzene rings is 1. The number of thiophene rings is 1. The lowest BCUT2D eigenvalue weighted by Crippen LogP contribution is -2.13. The van der Waals surface area contributed by atoms with Crippen LogP contribution in [0.1, 0.15) is 50.8 Å². The van der Waals surface area contributed by atoms with Crippen LogP contribution in [-0.4, -0.2) is 12.5 Å². The van der Waals surface area contributed by atoms with Gasteiger partial charge in [-0.15, -0.1) is 11.3 Å². The molecule has 1 aromatic carbocycles. The molecule has 0 saturated heterocycles. The molecule has 1 aromatic heterocycles. The first-order valence-corrected chi connectivity index (χ1v) is 9.47. The van der Waals surface area contributed by atoms with E-state index in [1.54, 1.807) is 6.08 Å². The third-order valence-corrected chi connectivity index (χ3v) is 4.62. The van der Waals surface area contributed by atoms with Crippen molar-refractivity contribution in [2.75, 3.05) is 11.9 Å². The Morgan fingerprint density at radius 1 is 1.31 bits per heavy atom. The van der Waals surface area contributed by atoms with Crippen LogP contribution in [0.15, 0.2) is 35.7 Å². The van der Waals surface area contributed by atoms with E-state index in [-0.39, 0.29) is 11.3 Å². The first-order valence-electron chi connectivity index (χ1n) is 8.59. The van der Waals surface area contributed by atoms with Crippen molar-refractivity contribution in [1.82, 2.24) is 0 Å². The van der Waals surface area contributed by atoms with Crippen LogP contribution in [-0.2, 0) is 10.2 Å². The molecule has 0 aliphatic heterocycles. The summed E-state index contributed by atoms with van der Waals surface area (Å²) < 4.78 is 5.54. The van der Waals surface area contributed by atoms with Gasteiger partial charge >= 0.3 is 0 Å². The average molecular weight is 369 g/mol. The van der Waals surface area contributed by atoms with E-state index < -0.39 is 0 Å². The maximum absolute atomic E-state index is 12.2. The molecule has 0 radical (unpaired) electrons. The lowest BCUT2D eigenvalue weighted by Gasteiger charge is -2.17. The largest absolute Gasteiger partial charge is 0.494 e. The van der Waals surface area contributed by atoms with Gasteiger partial charge in [0, 0.05) is 6.08 Å². The van der Waals surface area contributed by atoms with Gasteiger partial charge in [-0.25, -0.2) is 0 Å². The highest BCUT2D eigenvalue weighted by molar-refractivity contribution is 7.14. The Morgan fingerprint density at radius 3 is 2.58 bits per heavy atom. The van der Waals surface area contributed by atoms with Crippen molar-refractivity contribution in [3.63, 3.8) is 0 Å². The van der Waals surface area contributed by atoms with Crippen LogP contribution in [0, 0.1) is 11.3 Å². The van der Waals surface area contributed by atoms with Crippen molar-refractivity contribution >= 4 is 28.3 Å². The molecule has 1 N–H and O–H groups in total. The van der Waals surface area contributed by atoms with E-state index in [9.17, 15) is 10.1 Å². The molecule has 1 amide bonds. The molecule has 136 valence electrons. The molecule has 0 saturated carbocycles. The molecule has 2 aromatic rings. The standard InChI is InChI=1S/C21H24N2O2S/c1-5-12-25-16-9-6-15(7-10-16)8-11-19(24)23-20-17(13-22)18(14-26-20)21(2,3)4/h6-11,14H,5,12H2,1-4H3,(H,23,24)/b11-8+. The topological polar surface area (TPSA) is 62.1 Å². The van der Waals surface area contributed by atoms with Crippen molar-refractivity contribution in [1.29, 1.82) is 5.26 Å². The Balaban J connectivity index is 2.04. The van der Waals surface area contributed by atoms with Crippen molar-refractivity contribution in [3.8, 4) is 11.8 Å². The van der Waals surface area contributed by atoms with E-state index in [0.29, 0.717) is 17.2 Å². The number of carbonyl (C=O) groups is 1. The highest BCUT2D eigenvalue weighted by atomic mass is 32.1. The summed E-state index contributed by atoms with van der Waals surface area (Å²) in [6.45, 7) is 8.90. The normalized spacial score (nSPS) is 11.3. The molecule has 0 bridgehead atoms. The van der Waals surface area contributed by atoms with Crippen LogP contribution in [0.25, 0.3) is 6.08 Å². The molecule has 0 fully saturated rings. The molecule has 0 atom stereocenters. The number of amides is 1. The Hall–Kier alpha value is -2.58. The minimum Gasteiger partial charge on any atom is -0.494 e. The minimum absolute atomic E-state index is 0.137. The monoisotopic (exact) mass is 368 g/mol. The zero-order chi connectivity index (χ0) is 19.2. The molecule has 0 spiro atoms. The molecule has 0 aliphatic carbocycles. The van der Waals surface area contributed by atoms with E-state index >= 15 is 0 Å². The summed E-state index contributed by atoms with van der Waals surface area (Å²) in [7, 11) is 0. The third-order valence-electron chi connectivity index (χ3n) is 3.73. The van der Waals surface area contributed by atoms with Gasteiger partial charge in [0.2, 0.25) is 5.91 Å². The number of rotatable bonds is 6. The SMILES string of the molecule is CCCOc1ccc(/C=C/C(=O)Nc2scc(C(C)(C)C)c2C#N)cc1. The quantitative estimate of drug-likeness (QED) is 0.698. The fourth-order valence-electron chi connectivity index (χ4n) is 2.33. The molecule has 26 heavy (non-hydrogen) atoms. The van der Waals surface area contributed by atoms with E-state index in [0.717, 1.165) is 23.3 Å². The Kier molecular flexibility index (Phi) is 6.59. The predicted molar refractivity (Wildman–Crippen MR) is 108 cm³/mol. The average Bonchev–Trinajstić information content (AvgIpc) is 3.02. The number of nitrogens with zero attached hydrogens (tertiary/aromatic N) is 1. The number of hydrogen-bond acceptors (Lipinski definition) is 4. The van der Waals surface area contributed by atoms with E-state index in [2.05, 4.69) is 39.1 Å². The molecule has 2 rings (SSSR count). The lowest BCUT2D eigenvalue weighted by molar-refractivity contribution is -0.111. The number of carbonyl (C=O) groups excluding carboxylic acids is 1. The molecule has 4 nitrogen and oxygen atoms in total. The summed E-state index contributed by atoms with van der Waals surface area (Å²) in [5.41, 5.74) is 2.27. The predicted octanol–water partition coefficient (Wildman–Crippen LogP) is 5.36. The second-order valence-corrected chi connectivity index (χ2v) is 7.84. The van der Waals surface area contributed by atoms with Crippen LogP contribution in [0.2, 0.25) is 0 Å². The lowest BCUT2D eigenvalue weighted by atomic mass is 9.86. The van der Waals surface area contributed by atoms with E-state index in [1.165, 1.54) is 17.4 Å². The second-order valence-electron chi connectivity index (χ2n) is 6.96. The number of hydrogen-bond donors (Lipinski definition) is 1. The smallest absolute Gasteiger partial charge is 0.249 e. The molecular weight excluding hydrogens is 344 g/mol. The van der Waals surface area contributed by atoms with Crippen LogP contribution in [0.5, 0.6) is 5.75 Å². The maximum Gasteiger partial charge on any atom is 0.249 e. The van der Waals surface area contributed by atoms with Crippen molar-refractivity contribution in [2.45, 2.75) is 39.5 Å². The van der Waals surface area contributed by atoms with Crippen LogP contribution in [0.4, 0.5) is 5.00 Å². The molecule has 0 unspecified atom stereocenters. The number of nitriles is 1. The summed E-state index contributed by atoms with van der Waals surface area (Å²) >= 11 is 1.38. The summed E-state index contributed by atoms with van der Waals surface area (Å²) in [5.74, 6) is 0.565. The number of ether oxygens (including phenoxy) is 1. The van der Waals surface area contributed by atoms with Gasteiger partial charge in [0.1, 0.15) is 16.8 Å². The molecular formula is C21H24N2O2S. The van der Waals surface area contributed by atoms with Gasteiger partial charge < -0.3 is 10.1 Å².